The molecular formula is C12H8N2OS. The number of rotatable bonds is 1. The lowest BCUT2D eigenvalue weighted by Crippen LogP contribution is -2.05. The summed E-state index contributed by atoms with van der Waals surface area (Å²) >= 11 is 1.65. The van der Waals surface area contributed by atoms with Crippen LogP contribution in [0.3, 0.4) is 0 Å². The lowest BCUT2D eigenvalue weighted by atomic mass is 10.1. The molecule has 0 amide bonds. The largest absolute Gasteiger partial charge is 0.328 e. The van der Waals surface area contributed by atoms with Gasteiger partial charge in [0.15, 0.2) is 0 Å². The van der Waals surface area contributed by atoms with Crippen LogP contribution in [-0.2, 0) is 0 Å². The third-order valence-electron chi connectivity index (χ3n) is 2.49. The summed E-state index contributed by atoms with van der Waals surface area (Å²) in [6.45, 7) is 0. The third-order valence-corrected chi connectivity index (χ3v) is 3.39. The highest BCUT2D eigenvalue weighted by molar-refractivity contribution is 7.13. The van der Waals surface area contributed by atoms with Gasteiger partial charge in [0.05, 0.1) is 5.39 Å². The van der Waals surface area contributed by atoms with Gasteiger partial charge in [-0.2, -0.15) is 0 Å². The molecule has 0 unspecified atom stereocenters. The number of pyridine rings is 2. The number of H-pyrrole nitrogens is 1. The Morgan fingerprint density at radius 2 is 2.19 bits per heavy atom. The maximum absolute atomic E-state index is 11.6. The first-order valence-electron chi connectivity index (χ1n) is 4.85. The third kappa shape index (κ3) is 1.35. The van der Waals surface area contributed by atoms with Crippen molar-refractivity contribution in [3.05, 3.63) is 52.5 Å². The molecule has 0 fully saturated rings. The van der Waals surface area contributed by atoms with Gasteiger partial charge in [0.25, 0.3) is 5.56 Å². The topological polar surface area (TPSA) is 45.8 Å². The number of hydrogen-bond acceptors (Lipinski definition) is 3. The van der Waals surface area contributed by atoms with Gasteiger partial charge in [-0.3, -0.25) is 9.78 Å². The van der Waals surface area contributed by atoms with Gasteiger partial charge in [-0.05, 0) is 17.5 Å². The van der Waals surface area contributed by atoms with E-state index in [0.717, 1.165) is 15.8 Å². The van der Waals surface area contributed by atoms with Gasteiger partial charge in [0.2, 0.25) is 0 Å². The molecule has 0 spiro atoms. The minimum Gasteiger partial charge on any atom is -0.328 e. The van der Waals surface area contributed by atoms with Gasteiger partial charge in [-0.1, -0.05) is 6.07 Å². The van der Waals surface area contributed by atoms with Gasteiger partial charge in [0.1, 0.15) is 0 Å². The van der Waals surface area contributed by atoms with Crippen molar-refractivity contribution in [2.75, 3.05) is 0 Å². The Hall–Kier alpha value is -1.94. The van der Waals surface area contributed by atoms with E-state index < -0.39 is 0 Å². The van der Waals surface area contributed by atoms with Crippen molar-refractivity contribution in [1.29, 1.82) is 0 Å². The average Bonchev–Trinajstić information content (AvgIpc) is 2.83. The number of aromatic amines is 1. The number of hydrogen-bond donors (Lipinski definition) is 1. The molecule has 4 heteroatoms. The second-order valence-electron chi connectivity index (χ2n) is 3.43. The highest BCUT2D eigenvalue weighted by Gasteiger charge is 2.06. The summed E-state index contributed by atoms with van der Waals surface area (Å²) in [5.74, 6) is 0. The summed E-state index contributed by atoms with van der Waals surface area (Å²) < 4.78 is 0. The number of aromatic nitrogens is 2. The first-order chi connectivity index (χ1) is 7.86. The van der Waals surface area contributed by atoms with Crippen LogP contribution in [0.2, 0.25) is 0 Å². The second kappa shape index (κ2) is 3.57. The van der Waals surface area contributed by atoms with Crippen LogP contribution >= 0.6 is 11.3 Å². The number of nitrogens with zero attached hydrogens (tertiary/aromatic N) is 1. The van der Waals surface area contributed by atoms with E-state index in [1.807, 2.05) is 23.6 Å². The van der Waals surface area contributed by atoms with Crippen molar-refractivity contribution >= 4 is 22.1 Å². The van der Waals surface area contributed by atoms with E-state index in [-0.39, 0.29) is 5.56 Å². The van der Waals surface area contributed by atoms with E-state index in [1.54, 1.807) is 29.9 Å². The van der Waals surface area contributed by atoms with E-state index in [2.05, 4.69) is 9.97 Å². The zero-order chi connectivity index (χ0) is 11.0. The predicted octanol–water partition coefficient (Wildman–Crippen LogP) is 2.65. The van der Waals surface area contributed by atoms with Crippen LogP contribution in [0.15, 0.2) is 47.0 Å². The molecule has 0 saturated carbocycles. The van der Waals surface area contributed by atoms with E-state index in [1.165, 1.54) is 0 Å². The molecule has 0 aliphatic rings. The molecule has 0 radical (unpaired) electrons. The molecular weight excluding hydrogens is 220 g/mol. The van der Waals surface area contributed by atoms with Crippen molar-refractivity contribution in [3.8, 4) is 10.4 Å². The highest BCUT2D eigenvalue weighted by Crippen LogP contribution is 2.28. The van der Waals surface area contributed by atoms with Crippen LogP contribution < -0.4 is 5.56 Å². The van der Waals surface area contributed by atoms with Crippen molar-refractivity contribution in [1.82, 2.24) is 9.97 Å². The average molecular weight is 228 g/mol. The number of thiophene rings is 1. The fraction of sp³-hybridized carbons (Fsp3) is 0. The molecule has 0 aromatic carbocycles. The number of nitrogens with one attached hydrogen (secondary N) is 1. The molecule has 3 heterocycles. The van der Waals surface area contributed by atoms with Gasteiger partial charge >= 0.3 is 0 Å². The first-order valence-corrected chi connectivity index (χ1v) is 5.73. The molecule has 0 bridgehead atoms. The minimum atomic E-state index is -0.0941. The summed E-state index contributed by atoms with van der Waals surface area (Å²) in [6.07, 6.45) is 5.07. The van der Waals surface area contributed by atoms with Gasteiger partial charge < -0.3 is 4.98 Å². The quantitative estimate of drug-likeness (QED) is 0.696. The molecule has 3 nitrogen and oxygen atoms in total. The van der Waals surface area contributed by atoms with Gasteiger partial charge in [-0.25, -0.2) is 0 Å². The second-order valence-corrected chi connectivity index (χ2v) is 4.38. The standard InChI is InChI=1S/C12H8N2OS/c15-12-10-6-13-4-3-8(10)9(7-14-12)11-2-1-5-16-11/h1-7H,(H,14,15). The maximum atomic E-state index is 11.6. The normalized spacial score (nSPS) is 10.8. The van der Waals surface area contributed by atoms with Crippen LogP contribution in [0, 0.1) is 0 Å². The molecule has 0 saturated heterocycles. The van der Waals surface area contributed by atoms with Crippen LogP contribution in [0.4, 0.5) is 0 Å². The minimum absolute atomic E-state index is 0.0941. The Morgan fingerprint density at radius 3 is 3.00 bits per heavy atom. The van der Waals surface area contributed by atoms with E-state index >= 15 is 0 Å². The lowest BCUT2D eigenvalue weighted by Gasteiger charge is -2.02. The van der Waals surface area contributed by atoms with Crippen molar-refractivity contribution in [2.45, 2.75) is 0 Å². The lowest BCUT2D eigenvalue weighted by molar-refractivity contribution is 1.26. The molecule has 3 rings (SSSR count). The molecule has 1 N–H and O–H groups in total. The van der Waals surface area contributed by atoms with Crippen LogP contribution in [0.1, 0.15) is 0 Å². The Bertz CT molecular complexity index is 686. The molecule has 3 aromatic rings. The summed E-state index contributed by atoms with van der Waals surface area (Å²) in [4.78, 5) is 19.5. The van der Waals surface area contributed by atoms with Crippen molar-refractivity contribution in [2.24, 2.45) is 0 Å². The molecule has 0 aliphatic carbocycles. The Balaban J connectivity index is 2.43. The van der Waals surface area contributed by atoms with Crippen LogP contribution in [0.25, 0.3) is 21.2 Å². The summed E-state index contributed by atoms with van der Waals surface area (Å²) in [5.41, 5.74) is 0.954. The van der Waals surface area contributed by atoms with Crippen LogP contribution in [0.5, 0.6) is 0 Å². The highest BCUT2D eigenvalue weighted by atomic mass is 32.1. The fourth-order valence-corrected chi connectivity index (χ4v) is 2.50. The zero-order valence-corrected chi connectivity index (χ0v) is 9.12. The fourth-order valence-electron chi connectivity index (χ4n) is 1.74. The molecule has 0 atom stereocenters. The Kier molecular flexibility index (Phi) is 2.08. The Morgan fingerprint density at radius 1 is 1.25 bits per heavy atom. The molecule has 78 valence electrons. The summed E-state index contributed by atoms with van der Waals surface area (Å²) in [7, 11) is 0. The van der Waals surface area contributed by atoms with Crippen molar-refractivity contribution in [3.63, 3.8) is 0 Å². The first kappa shape index (κ1) is 9.30. The summed E-state index contributed by atoms with van der Waals surface area (Å²) in [6, 6.07) is 5.91. The van der Waals surface area contributed by atoms with E-state index in [0.29, 0.717) is 5.39 Å². The zero-order valence-electron chi connectivity index (χ0n) is 8.31. The maximum Gasteiger partial charge on any atom is 0.257 e. The van der Waals surface area contributed by atoms with Gasteiger partial charge in [0, 0.05) is 34.4 Å². The molecule has 16 heavy (non-hydrogen) atoms. The molecule has 3 aromatic heterocycles. The van der Waals surface area contributed by atoms with E-state index in [4.69, 9.17) is 0 Å². The van der Waals surface area contributed by atoms with Crippen LogP contribution in [-0.4, -0.2) is 9.97 Å². The smallest absolute Gasteiger partial charge is 0.257 e. The summed E-state index contributed by atoms with van der Waals surface area (Å²) in [5, 5.41) is 3.60. The Labute approximate surface area is 95.4 Å². The predicted molar refractivity (Wildman–Crippen MR) is 65.7 cm³/mol. The SMILES string of the molecule is O=c1[nH]cc(-c2cccs2)c2ccncc12. The van der Waals surface area contributed by atoms with Crippen molar-refractivity contribution < 1.29 is 0 Å². The number of fused-ring (bicyclic) bond motifs is 1. The monoisotopic (exact) mass is 228 g/mol. The van der Waals surface area contributed by atoms with Gasteiger partial charge in [-0.15, -0.1) is 11.3 Å². The van der Waals surface area contributed by atoms with E-state index in [9.17, 15) is 4.79 Å². The molecule has 0 aliphatic heterocycles.